The van der Waals surface area contributed by atoms with Crippen LogP contribution in [0, 0.1) is 11.8 Å². The molecule has 0 radical (unpaired) electrons. The number of imide groups is 1. The van der Waals surface area contributed by atoms with Crippen LogP contribution in [0.25, 0.3) is 32.9 Å². The molecule has 2 saturated heterocycles. The number of benzene rings is 2. The van der Waals surface area contributed by atoms with E-state index in [-0.39, 0.29) is 29.7 Å². The van der Waals surface area contributed by atoms with Gasteiger partial charge in [-0.3, -0.25) is 39.3 Å². The number of amides is 2. The molecule has 62 heavy (non-hydrogen) atoms. The Morgan fingerprint density at radius 1 is 0.839 bits per heavy atom. The minimum atomic E-state index is -0.175. The van der Waals surface area contributed by atoms with Crippen LogP contribution >= 0.6 is 0 Å². The fourth-order valence-corrected chi connectivity index (χ4v) is 7.32. The molecule has 1 aliphatic carbocycles. The van der Waals surface area contributed by atoms with Crippen molar-refractivity contribution in [2.24, 2.45) is 7.05 Å². The lowest BCUT2D eigenvalue weighted by atomic mass is 9.96. The van der Waals surface area contributed by atoms with Crippen LogP contribution < -0.4 is 14.8 Å². The lowest BCUT2D eigenvalue weighted by Gasteiger charge is -2.38. The van der Waals surface area contributed by atoms with Gasteiger partial charge < -0.3 is 19.1 Å². The van der Waals surface area contributed by atoms with Gasteiger partial charge in [0.05, 0.1) is 17.8 Å². The minimum absolute atomic E-state index is 0.0725. The van der Waals surface area contributed by atoms with Gasteiger partial charge in [0.2, 0.25) is 17.7 Å². The maximum absolute atomic E-state index is 11.1. The topological polar surface area (TPSA) is 169 Å². The van der Waals surface area contributed by atoms with Gasteiger partial charge in [0.15, 0.2) is 12.6 Å². The predicted molar refractivity (Wildman–Crippen MR) is 235 cm³/mol. The summed E-state index contributed by atoms with van der Waals surface area (Å²) in [6.07, 6.45) is 14.2. The van der Waals surface area contributed by atoms with E-state index in [1.165, 1.54) is 34.4 Å². The Bertz CT molecular complexity index is 2610. The number of piperidine rings is 1. The summed E-state index contributed by atoms with van der Waals surface area (Å²) in [5.41, 5.74) is 6.01. The van der Waals surface area contributed by atoms with Gasteiger partial charge >= 0.3 is 0 Å². The zero-order chi connectivity index (χ0) is 43.6. The number of likely N-dealkylation sites (tertiary alicyclic amines) is 1. The van der Waals surface area contributed by atoms with E-state index in [4.69, 9.17) is 14.6 Å². The molecule has 2 aliphatic heterocycles. The van der Waals surface area contributed by atoms with Gasteiger partial charge in [-0.2, -0.15) is 0 Å². The van der Waals surface area contributed by atoms with E-state index >= 15 is 0 Å². The zero-order valence-corrected chi connectivity index (χ0v) is 35.0. The maximum Gasteiger partial charge on any atom is 0.243 e. The van der Waals surface area contributed by atoms with Crippen LogP contribution in [0.1, 0.15) is 64.9 Å². The van der Waals surface area contributed by atoms with E-state index < -0.39 is 0 Å². The first-order valence-electron chi connectivity index (χ1n) is 20.6. The number of hydrogen-bond acceptors (Lipinski definition) is 12. The number of carbonyl (C=O) groups excluding carboxylic acids is 4. The Balaban J connectivity index is 0.000000151. The number of aromatic hydroxyl groups is 1. The summed E-state index contributed by atoms with van der Waals surface area (Å²) in [7, 11) is 5.77. The summed E-state index contributed by atoms with van der Waals surface area (Å²) in [4.78, 5) is 60.4. The number of likely N-dealkylation sites (N-methyl/N-ethyl adjacent to an activating group) is 1. The van der Waals surface area contributed by atoms with Crippen LogP contribution in [-0.2, 0) is 16.6 Å². The third-order valence-corrected chi connectivity index (χ3v) is 11.1. The molecule has 0 bridgehead atoms. The second kappa shape index (κ2) is 20.1. The smallest absolute Gasteiger partial charge is 0.243 e. The molecule has 14 nitrogen and oxygen atoms in total. The van der Waals surface area contributed by atoms with Gasteiger partial charge in [-0.15, -0.1) is 0 Å². The normalized spacial score (nSPS) is 16.4. The lowest BCUT2D eigenvalue weighted by molar-refractivity contribution is -0.136. The molecule has 9 rings (SSSR count). The number of nitrogens with zero attached hydrogens (tertiary/aromatic N) is 6. The molecule has 6 aromatic rings. The maximum atomic E-state index is 11.1. The molecule has 2 N–H and O–H groups in total. The average Bonchev–Trinajstić information content (AvgIpc) is 3.54. The second-order valence-electron chi connectivity index (χ2n) is 15.6. The second-order valence-corrected chi connectivity index (χ2v) is 15.6. The molecule has 2 amide bonds. The Kier molecular flexibility index (Phi) is 14.0. The molecule has 3 aliphatic rings. The van der Waals surface area contributed by atoms with Crippen LogP contribution in [-0.4, -0.2) is 111 Å². The number of carbonyl (C=O) groups is 4. The van der Waals surface area contributed by atoms with Crippen molar-refractivity contribution in [3.8, 4) is 40.3 Å². The van der Waals surface area contributed by atoms with Crippen LogP contribution in [0.3, 0.4) is 0 Å². The third kappa shape index (κ3) is 10.7. The first-order valence-corrected chi connectivity index (χ1v) is 20.6. The molecule has 4 aromatic heterocycles. The third-order valence-electron chi connectivity index (χ3n) is 11.1. The van der Waals surface area contributed by atoms with Gasteiger partial charge in [-0.05, 0) is 99.8 Å². The highest BCUT2D eigenvalue weighted by atomic mass is 16.5. The highest BCUT2D eigenvalue weighted by molar-refractivity contribution is 6.08. The van der Waals surface area contributed by atoms with Crippen molar-refractivity contribution in [1.29, 1.82) is 0 Å². The van der Waals surface area contributed by atoms with Gasteiger partial charge in [0.25, 0.3) is 0 Å². The monoisotopic (exact) mass is 835 g/mol. The number of rotatable bonds is 10. The van der Waals surface area contributed by atoms with Crippen LogP contribution in [0.4, 0.5) is 0 Å². The standard InChI is InChI=1S/C21H19N3O.C20H18N2O4.C7H12N2O2/c1-24-19-9-10-22-13-18(19)17-7-5-14(11-20(17)24)15-6-8-21(23-12-15)25-16-3-2-4-16;23-13-15-4-7-19(9-16(15)14-24)26-20-11-22(12-20)8-2-1-3-17-5-6-18(25)10-21-17;1-9(2)5-3-4-6(10)8-7(5)11/h5-13,16H,2-4H2,1H3;4-7,9-10,13-14,20,25H,2,8,11-12H2;5H,3-4H2,1-2H3,(H,8,10,11). The van der Waals surface area contributed by atoms with Crippen molar-refractivity contribution in [1.82, 2.24) is 34.6 Å². The molecule has 318 valence electrons. The first kappa shape index (κ1) is 43.1. The van der Waals surface area contributed by atoms with E-state index in [9.17, 15) is 19.2 Å². The quantitative estimate of drug-likeness (QED) is 0.0941. The lowest BCUT2D eigenvalue weighted by Crippen LogP contribution is -2.53. The summed E-state index contributed by atoms with van der Waals surface area (Å²) in [6.45, 7) is 2.44. The minimum Gasteiger partial charge on any atom is -0.506 e. The largest absolute Gasteiger partial charge is 0.506 e. The van der Waals surface area contributed by atoms with Crippen molar-refractivity contribution in [2.45, 2.75) is 56.8 Å². The summed E-state index contributed by atoms with van der Waals surface area (Å²) in [6, 6.07) is 20.7. The van der Waals surface area contributed by atoms with Crippen molar-refractivity contribution < 1.29 is 33.8 Å². The average molecular weight is 836 g/mol. The molecule has 1 saturated carbocycles. The number of ether oxygens (including phenoxy) is 2. The highest BCUT2D eigenvalue weighted by Crippen LogP contribution is 2.32. The van der Waals surface area contributed by atoms with Crippen molar-refractivity contribution >= 4 is 46.2 Å². The number of hydrogen-bond donors (Lipinski definition) is 2. The van der Waals surface area contributed by atoms with Crippen LogP contribution in [0.2, 0.25) is 0 Å². The van der Waals surface area contributed by atoms with Crippen molar-refractivity contribution in [3.63, 3.8) is 0 Å². The molecule has 6 heterocycles. The number of aryl methyl sites for hydroxylation is 1. The summed E-state index contributed by atoms with van der Waals surface area (Å²) >= 11 is 0. The molecule has 0 spiro atoms. The van der Waals surface area contributed by atoms with Gasteiger partial charge in [0, 0.05) is 97.2 Å². The Morgan fingerprint density at radius 3 is 2.32 bits per heavy atom. The van der Waals surface area contributed by atoms with Crippen molar-refractivity contribution in [3.05, 3.63) is 108 Å². The predicted octanol–water partition coefficient (Wildman–Crippen LogP) is 5.99. The number of nitrogens with one attached hydrogen (secondary N) is 1. The highest BCUT2D eigenvalue weighted by Gasteiger charge is 2.29. The Morgan fingerprint density at radius 2 is 1.65 bits per heavy atom. The SMILES string of the molecule is CN(C)C1CCC(=O)NC1=O.Cn1c2ccncc2c2ccc(-c3ccc(OC4CCC4)nc3)cc21.O=Cc1ccc(OC2CN(CCC#Cc3ccc(O)cn3)C2)cc1C=O. The summed E-state index contributed by atoms with van der Waals surface area (Å²) < 4.78 is 13.9. The van der Waals surface area contributed by atoms with E-state index in [1.807, 2.05) is 43.7 Å². The van der Waals surface area contributed by atoms with E-state index in [2.05, 4.69) is 79.0 Å². The Hall–Kier alpha value is -6.95. The van der Waals surface area contributed by atoms with Crippen LogP contribution in [0.15, 0.2) is 91.5 Å². The van der Waals surface area contributed by atoms with E-state index in [0.29, 0.717) is 54.1 Å². The molecular formula is C48H49N7O7. The van der Waals surface area contributed by atoms with E-state index in [1.54, 1.807) is 30.3 Å². The number of aromatic nitrogens is 4. The fraction of sp³-hybridized carbons (Fsp3) is 0.312. The number of aldehydes is 2. The molecule has 2 aromatic carbocycles. The van der Waals surface area contributed by atoms with Gasteiger partial charge in [-0.1, -0.05) is 18.1 Å². The summed E-state index contributed by atoms with van der Waals surface area (Å²) in [5.74, 6) is 7.14. The van der Waals surface area contributed by atoms with Gasteiger partial charge in [-0.25, -0.2) is 9.97 Å². The van der Waals surface area contributed by atoms with Gasteiger partial charge in [0.1, 0.15) is 29.4 Å². The molecular weight excluding hydrogens is 787 g/mol. The molecule has 14 heteroatoms. The summed E-state index contributed by atoms with van der Waals surface area (Å²) in [5, 5.41) is 13.9. The zero-order valence-electron chi connectivity index (χ0n) is 35.0. The van der Waals surface area contributed by atoms with Crippen LogP contribution in [0.5, 0.6) is 17.4 Å². The Labute approximate surface area is 359 Å². The first-order chi connectivity index (χ1) is 30.1. The number of fused-ring (bicyclic) bond motifs is 3. The van der Waals surface area contributed by atoms with E-state index in [0.717, 1.165) is 55.9 Å². The molecule has 3 fully saturated rings. The molecule has 1 unspecified atom stereocenters. The molecule has 1 atom stereocenters. The fourth-order valence-electron chi connectivity index (χ4n) is 7.32. The number of pyridine rings is 3. The van der Waals surface area contributed by atoms with Crippen molar-refractivity contribution in [2.75, 3.05) is 33.7 Å².